The largest absolute Gasteiger partial charge is 0.455 e. The van der Waals surface area contributed by atoms with E-state index in [1.807, 2.05) is 30.3 Å². The third-order valence-corrected chi connectivity index (χ3v) is 12.6. The molecule has 0 atom stereocenters. The van der Waals surface area contributed by atoms with Crippen molar-refractivity contribution >= 4 is 21.9 Å². The number of benzene rings is 9. The molecular formula is C59H38N2O. The van der Waals surface area contributed by atoms with Crippen molar-refractivity contribution in [3.05, 3.63) is 253 Å². The molecule has 0 N–H and O–H groups in total. The molecule has 12 rings (SSSR count). The molecule has 290 valence electrons. The molecule has 3 heteroatoms. The smallest absolute Gasteiger partial charge is 0.160 e. The van der Waals surface area contributed by atoms with Crippen LogP contribution in [0.25, 0.3) is 89.2 Å². The van der Waals surface area contributed by atoms with E-state index in [2.05, 4.69) is 200 Å². The minimum atomic E-state index is -0.450. The Balaban J connectivity index is 0.931. The Bertz CT molecular complexity index is 3390. The van der Waals surface area contributed by atoms with Crippen molar-refractivity contribution in [3.63, 3.8) is 0 Å². The molecule has 1 aliphatic rings. The maximum atomic E-state index is 6.38. The van der Waals surface area contributed by atoms with E-state index >= 15 is 0 Å². The fraction of sp³-hybridized carbons (Fsp3) is 0.0169. The van der Waals surface area contributed by atoms with Gasteiger partial charge < -0.3 is 4.42 Å². The first-order valence-corrected chi connectivity index (χ1v) is 21.1. The second-order valence-corrected chi connectivity index (χ2v) is 16.1. The SMILES string of the molecule is c1ccc(-c2nc(-c3ccc(-c4ccc5c(c4)C(c4ccccc4)(c4ccccc4)c4ccccc4-5)cc3)cc(-c3ccc(-c4cccc5c4oc4ccccc45)cc3)n2)cc1. The highest BCUT2D eigenvalue weighted by molar-refractivity contribution is 6.09. The van der Waals surface area contributed by atoms with E-state index in [0.29, 0.717) is 5.82 Å². The van der Waals surface area contributed by atoms with Crippen molar-refractivity contribution in [2.24, 2.45) is 0 Å². The van der Waals surface area contributed by atoms with Crippen LogP contribution in [-0.4, -0.2) is 9.97 Å². The van der Waals surface area contributed by atoms with E-state index in [1.54, 1.807) is 0 Å². The molecule has 0 unspecified atom stereocenters. The van der Waals surface area contributed by atoms with Crippen molar-refractivity contribution in [1.82, 2.24) is 9.97 Å². The number of hydrogen-bond acceptors (Lipinski definition) is 3. The summed E-state index contributed by atoms with van der Waals surface area (Å²) in [7, 11) is 0. The minimum absolute atomic E-state index is 0.450. The van der Waals surface area contributed by atoms with Crippen LogP contribution in [0.5, 0.6) is 0 Å². The molecule has 1 aliphatic carbocycles. The lowest BCUT2D eigenvalue weighted by Gasteiger charge is -2.34. The molecule has 9 aromatic carbocycles. The Morgan fingerprint density at radius 2 is 0.839 bits per heavy atom. The molecule has 2 aromatic heterocycles. The summed E-state index contributed by atoms with van der Waals surface area (Å²) >= 11 is 0. The van der Waals surface area contributed by atoms with Gasteiger partial charge in [-0.3, -0.25) is 0 Å². The Morgan fingerprint density at radius 1 is 0.323 bits per heavy atom. The van der Waals surface area contributed by atoms with Crippen LogP contribution < -0.4 is 0 Å². The zero-order valence-electron chi connectivity index (χ0n) is 33.7. The molecule has 0 spiro atoms. The molecule has 0 bridgehead atoms. The van der Waals surface area contributed by atoms with Gasteiger partial charge in [-0.25, -0.2) is 9.97 Å². The molecule has 0 amide bonds. The van der Waals surface area contributed by atoms with Gasteiger partial charge in [-0.2, -0.15) is 0 Å². The number of aromatic nitrogens is 2. The zero-order chi connectivity index (χ0) is 41.0. The summed E-state index contributed by atoms with van der Waals surface area (Å²) in [5.74, 6) is 0.689. The molecule has 0 radical (unpaired) electrons. The standard InChI is InChI=1S/C59H38N2O/c1-4-15-43(16-5-1)58-60-54(38-55(61-58)42-33-29-40(30-34-42)47-23-14-24-51-50-22-11-13-26-56(50)62-57(47)51)41-31-27-39(28-32-41)44-35-36-49-48-21-10-12-25-52(48)59(53(49)37-44,45-17-6-2-7-18-45)46-19-8-3-9-20-46/h1-38H. The molecule has 11 aromatic rings. The van der Waals surface area contributed by atoms with Crippen LogP contribution in [0.4, 0.5) is 0 Å². The van der Waals surface area contributed by atoms with Gasteiger partial charge in [0.15, 0.2) is 5.82 Å². The van der Waals surface area contributed by atoms with Crippen LogP contribution >= 0.6 is 0 Å². The van der Waals surface area contributed by atoms with Crippen LogP contribution in [0.1, 0.15) is 22.3 Å². The Morgan fingerprint density at radius 3 is 1.53 bits per heavy atom. The van der Waals surface area contributed by atoms with Gasteiger partial charge in [0.25, 0.3) is 0 Å². The first-order valence-electron chi connectivity index (χ1n) is 21.1. The summed E-state index contributed by atoms with van der Waals surface area (Å²) in [6, 6.07) is 82.2. The van der Waals surface area contributed by atoms with E-state index in [0.717, 1.165) is 66.7 Å². The van der Waals surface area contributed by atoms with Gasteiger partial charge in [-0.15, -0.1) is 0 Å². The van der Waals surface area contributed by atoms with Crippen LogP contribution in [0.15, 0.2) is 235 Å². The number of furan rings is 1. The quantitative estimate of drug-likeness (QED) is 0.161. The van der Waals surface area contributed by atoms with E-state index in [9.17, 15) is 0 Å². The van der Waals surface area contributed by atoms with E-state index in [1.165, 1.54) is 38.9 Å². The summed E-state index contributed by atoms with van der Waals surface area (Å²) in [6.07, 6.45) is 0. The van der Waals surface area contributed by atoms with E-state index in [4.69, 9.17) is 14.4 Å². The number of rotatable bonds is 7. The predicted octanol–water partition coefficient (Wildman–Crippen LogP) is 15.1. The second kappa shape index (κ2) is 14.5. The average Bonchev–Trinajstić information content (AvgIpc) is 3.89. The van der Waals surface area contributed by atoms with Gasteiger partial charge in [-0.05, 0) is 68.3 Å². The number of para-hydroxylation sites is 2. The van der Waals surface area contributed by atoms with Gasteiger partial charge in [-0.1, -0.05) is 212 Å². The highest BCUT2D eigenvalue weighted by atomic mass is 16.3. The highest BCUT2D eigenvalue weighted by Gasteiger charge is 2.46. The Kier molecular flexibility index (Phi) is 8.39. The molecule has 0 aliphatic heterocycles. The summed E-state index contributed by atoms with van der Waals surface area (Å²) in [6.45, 7) is 0. The van der Waals surface area contributed by atoms with E-state index < -0.39 is 5.41 Å². The highest BCUT2D eigenvalue weighted by Crippen LogP contribution is 2.56. The van der Waals surface area contributed by atoms with Gasteiger partial charge in [0, 0.05) is 33.0 Å². The molecular weight excluding hydrogens is 753 g/mol. The van der Waals surface area contributed by atoms with Crippen molar-refractivity contribution in [1.29, 1.82) is 0 Å². The Hall–Kier alpha value is -8.14. The maximum absolute atomic E-state index is 6.38. The first-order chi connectivity index (χ1) is 30.7. The van der Waals surface area contributed by atoms with Gasteiger partial charge >= 0.3 is 0 Å². The maximum Gasteiger partial charge on any atom is 0.160 e. The summed E-state index contributed by atoms with van der Waals surface area (Å²) in [5.41, 5.74) is 18.3. The Labute approximate surface area is 360 Å². The monoisotopic (exact) mass is 790 g/mol. The van der Waals surface area contributed by atoms with Crippen LogP contribution in [0, 0.1) is 0 Å². The molecule has 3 nitrogen and oxygen atoms in total. The van der Waals surface area contributed by atoms with Crippen molar-refractivity contribution < 1.29 is 4.42 Å². The minimum Gasteiger partial charge on any atom is -0.455 e. The number of nitrogens with zero attached hydrogens (tertiary/aromatic N) is 2. The van der Waals surface area contributed by atoms with Gasteiger partial charge in [0.1, 0.15) is 11.2 Å². The lowest BCUT2D eigenvalue weighted by molar-refractivity contribution is 0.670. The normalized spacial score (nSPS) is 12.6. The number of fused-ring (bicyclic) bond motifs is 6. The van der Waals surface area contributed by atoms with Crippen molar-refractivity contribution in [2.45, 2.75) is 5.41 Å². The summed E-state index contributed by atoms with van der Waals surface area (Å²) < 4.78 is 6.38. The molecule has 0 fully saturated rings. The average molecular weight is 791 g/mol. The fourth-order valence-electron chi connectivity index (χ4n) is 9.71. The molecule has 62 heavy (non-hydrogen) atoms. The molecule has 0 saturated carbocycles. The van der Waals surface area contributed by atoms with Crippen molar-refractivity contribution in [3.8, 4) is 67.3 Å². The predicted molar refractivity (Wildman–Crippen MR) is 254 cm³/mol. The number of hydrogen-bond donors (Lipinski definition) is 0. The summed E-state index contributed by atoms with van der Waals surface area (Å²) in [5, 5.41) is 2.25. The third-order valence-electron chi connectivity index (χ3n) is 12.6. The van der Waals surface area contributed by atoms with Crippen LogP contribution in [0.2, 0.25) is 0 Å². The third kappa shape index (κ3) is 5.74. The van der Waals surface area contributed by atoms with Gasteiger partial charge in [0.2, 0.25) is 0 Å². The molecule has 0 saturated heterocycles. The van der Waals surface area contributed by atoms with Gasteiger partial charge in [0.05, 0.1) is 16.8 Å². The van der Waals surface area contributed by atoms with E-state index in [-0.39, 0.29) is 0 Å². The topological polar surface area (TPSA) is 38.9 Å². The first kappa shape index (κ1) is 35.8. The van der Waals surface area contributed by atoms with Crippen molar-refractivity contribution in [2.75, 3.05) is 0 Å². The van der Waals surface area contributed by atoms with Crippen LogP contribution in [0.3, 0.4) is 0 Å². The zero-order valence-corrected chi connectivity index (χ0v) is 33.7. The van der Waals surface area contributed by atoms with Crippen LogP contribution in [-0.2, 0) is 5.41 Å². The second-order valence-electron chi connectivity index (χ2n) is 16.1. The molecule has 2 heterocycles. The lowest BCUT2D eigenvalue weighted by Crippen LogP contribution is -2.28. The fourth-order valence-corrected chi connectivity index (χ4v) is 9.71. The summed E-state index contributed by atoms with van der Waals surface area (Å²) in [4.78, 5) is 10.3. The lowest BCUT2D eigenvalue weighted by atomic mass is 9.67.